The molecule has 2 heteroatoms. The highest BCUT2D eigenvalue weighted by Gasteiger charge is 2.10. The second-order valence-electron chi connectivity index (χ2n) is 3.76. The van der Waals surface area contributed by atoms with Gasteiger partial charge in [-0.2, -0.15) is 0 Å². The molecule has 2 unspecified atom stereocenters. The minimum Gasteiger partial charge on any atom is -0.382 e. The second kappa shape index (κ2) is 9.22. The summed E-state index contributed by atoms with van der Waals surface area (Å²) >= 11 is 0. The van der Waals surface area contributed by atoms with Crippen LogP contribution in [0.4, 0.5) is 0 Å². The number of unbranched alkanes of at least 4 members (excludes halogenated alkanes) is 1. The number of nitrogens with one attached hydrogen (secondary N) is 1. The van der Waals surface area contributed by atoms with E-state index in [9.17, 15) is 0 Å². The Bertz CT molecular complexity index is 136. The van der Waals surface area contributed by atoms with Crippen LogP contribution in [0.2, 0.25) is 0 Å². The maximum Gasteiger partial charge on any atom is 0.0558 e. The highest BCUT2D eigenvalue weighted by atomic mass is 16.5. The minimum atomic E-state index is 0.350. The Kier molecular flexibility index (Phi) is 9.00. The van der Waals surface area contributed by atoms with E-state index in [1.165, 1.54) is 12.8 Å². The van der Waals surface area contributed by atoms with Crippen molar-refractivity contribution in [2.24, 2.45) is 0 Å². The van der Waals surface area contributed by atoms with Gasteiger partial charge < -0.3 is 10.1 Å². The van der Waals surface area contributed by atoms with Crippen LogP contribution < -0.4 is 5.32 Å². The van der Waals surface area contributed by atoms with Crippen molar-refractivity contribution in [1.29, 1.82) is 0 Å². The lowest BCUT2D eigenvalue weighted by molar-refractivity contribution is 0.0993. The zero-order valence-electron chi connectivity index (χ0n) is 9.88. The molecule has 0 heterocycles. The third kappa shape index (κ3) is 7.10. The third-order valence-electron chi connectivity index (χ3n) is 2.47. The molecule has 0 saturated carbocycles. The fourth-order valence-corrected chi connectivity index (χ4v) is 1.60. The molecule has 0 aromatic heterocycles. The standard InChI is InChI=1S/C12H25NO/c1-5-7-8-9-12(13-6-2)10-11(3)14-4/h5,11-13H,1,6-10H2,2-4H3. The quantitative estimate of drug-likeness (QED) is 0.455. The van der Waals surface area contributed by atoms with E-state index in [1.54, 1.807) is 7.11 Å². The molecule has 0 aliphatic heterocycles. The van der Waals surface area contributed by atoms with Gasteiger partial charge in [0, 0.05) is 13.2 Å². The molecule has 2 nitrogen and oxygen atoms in total. The number of allylic oxidation sites excluding steroid dienone is 1. The summed E-state index contributed by atoms with van der Waals surface area (Å²) in [5, 5.41) is 3.49. The summed E-state index contributed by atoms with van der Waals surface area (Å²) in [6.07, 6.45) is 6.99. The van der Waals surface area contributed by atoms with Crippen molar-refractivity contribution in [3.63, 3.8) is 0 Å². The van der Waals surface area contributed by atoms with Gasteiger partial charge in [0.25, 0.3) is 0 Å². The first kappa shape index (κ1) is 13.7. The van der Waals surface area contributed by atoms with E-state index in [0.29, 0.717) is 12.1 Å². The molecular formula is C12H25NO. The topological polar surface area (TPSA) is 21.3 Å². The van der Waals surface area contributed by atoms with Crippen LogP contribution in [-0.4, -0.2) is 25.8 Å². The number of hydrogen-bond acceptors (Lipinski definition) is 2. The van der Waals surface area contributed by atoms with Crippen molar-refractivity contribution >= 4 is 0 Å². The first-order valence-corrected chi connectivity index (χ1v) is 5.61. The molecule has 1 N–H and O–H groups in total. The molecule has 0 bridgehead atoms. The van der Waals surface area contributed by atoms with Gasteiger partial charge in [-0.15, -0.1) is 6.58 Å². The van der Waals surface area contributed by atoms with Crippen LogP contribution in [-0.2, 0) is 4.74 Å². The summed E-state index contributed by atoms with van der Waals surface area (Å²) in [7, 11) is 1.78. The van der Waals surface area contributed by atoms with E-state index in [4.69, 9.17) is 4.74 Å². The Balaban J connectivity index is 3.70. The molecule has 0 amide bonds. The Labute approximate surface area is 88.7 Å². The van der Waals surface area contributed by atoms with Crippen molar-refractivity contribution in [1.82, 2.24) is 5.32 Å². The van der Waals surface area contributed by atoms with Crippen LogP contribution in [0.3, 0.4) is 0 Å². The Morgan fingerprint density at radius 3 is 2.71 bits per heavy atom. The molecule has 0 aromatic rings. The number of ether oxygens (including phenoxy) is 1. The van der Waals surface area contributed by atoms with E-state index >= 15 is 0 Å². The highest BCUT2D eigenvalue weighted by molar-refractivity contribution is 4.73. The van der Waals surface area contributed by atoms with Crippen molar-refractivity contribution < 1.29 is 4.74 Å². The zero-order chi connectivity index (χ0) is 10.8. The molecule has 0 aromatic carbocycles. The van der Waals surface area contributed by atoms with Gasteiger partial charge in [0.1, 0.15) is 0 Å². The third-order valence-corrected chi connectivity index (χ3v) is 2.47. The lowest BCUT2D eigenvalue weighted by Crippen LogP contribution is -2.32. The summed E-state index contributed by atoms with van der Waals surface area (Å²) in [5.41, 5.74) is 0. The summed E-state index contributed by atoms with van der Waals surface area (Å²) < 4.78 is 5.27. The molecule has 14 heavy (non-hydrogen) atoms. The minimum absolute atomic E-state index is 0.350. The lowest BCUT2D eigenvalue weighted by atomic mass is 10.0. The van der Waals surface area contributed by atoms with Crippen molar-refractivity contribution in [3.05, 3.63) is 12.7 Å². The summed E-state index contributed by atoms with van der Waals surface area (Å²) in [6, 6.07) is 0.592. The first-order chi connectivity index (χ1) is 6.74. The summed E-state index contributed by atoms with van der Waals surface area (Å²) in [5.74, 6) is 0. The van der Waals surface area contributed by atoms with E-state index in [-0.39, 0.29) is 0 Å². The maximum absolute atomic E-state index is 5.27. The number of methoxy groups -OCH3 is 1. The fourth-order valence-electron chi connectivity index (χ4n) is 1.60. The van der Waals surface area contributed by atoms with Crippen molar-refractivity contribution in [2.45, 2.75) is 51.7 Å². The molecule has 2 atom stereocenters. The second-order valence-corrected chi connectivity index (χ2v) is 3.76. The predicted molar refractivity (Wildman–Crippen MR) is 62.6 cm³/mol. The molecule has 84 valence electrons. The Morgan fingerprint density at radius 1 is 1.50 bits per heavy atom. The van der Waals surface area contributed by atoms with Gasteiger partial charge in [-0.3, -0.25) is 0 Å². The van der Waals surface area contributed by atoms with E-state index in [2.05, 4.69) is 25.7 Å². The van der Waals surface area contributed by atoms with Gasteiger partial charge in [0.05, 0.1) is 6.10 Å². The Hall–Kier alpha value is -0.340. The van der Waals surface area contributed by atoms with Gasteiger partial charge in [-0.1, -0.05) is 13.0 Å². The molecule has 0 aliphatic rings. The number of rotatable bonds is 9. The van der Waals surface area contributed by atoms with Gasteiger partial charge in [-0.25, -0.2) is 0 Å². The summed E-state index contributed by atoms with van der Waals surface area (Å²) in [6.45, 7) is 9.05. The molecule has 0 rings (SSSR count). The van der Waals surface area contributed by atoms with E-state index < -0.39 is 0 Å². The lowest BCUT2D eigenvalue weighted by Gasteiger charge is -2.20. The molecule has 0 fully saturated rings. The molecule has 0 radical (unpaired) electrons. The average Bonchev–Trinajstić information content (AvgIpc) is 2.18. The van der Waals surface area contributed by atoms with Crippen LogP contribution in [0.15, 0.2) is 12.7 Å². The van der Waals surface area contributed by atoms with Crippen molar-refractivity contribution in [3.8, 4) is 0 Å². The fraction of sp³-hybridized carbons (Fsp3) is 0.833. The van der Waals surface area contributed by atoms with E-state index in [1.807, 2.05) is 6.08 Å². The van der Waals surface area contributed by atoms with Crippen molar-refractivity contribution in [2.75, 3.05) is 13.7 Å². The first-order valence-electron chi connectivity index (χ1n) is 5.61. The highest BCUT2D eigenvalue weighted by Crippen LogP contribution is 2.09. The van der Waals surface area contributed by atoms with Crippen LogP contribution >= 0.6 is 0 Å². The molecular weight excluding hydrogens is 174 g/mol. The zero-order valence-corrected chi connectivity index (χ0v) is 9.88. The van der Waals surface area contributed by atoms with Gasteiger partial charge in [-0.05, 0) is 39.2 Å². The Morgan fingerprint density at radius 2 is 2.21 bits per heavy atom. The van der Waals surface area contributed by atoms with Crippen LogP contribution in [0.25, 0.3) is 0 Å². The van der Waals surface area contributed by atoms with Crippen LogP contribution in [0, 0.1) is 0 Å². The van der Waals surface area contributed by atoms with E-state index in [0.717, 1.165) is 19.4 Å². The molecule has 0 aliphatic carbocycles. The molecule has 0 saturated heterocycles. The average molecular weight is 199 g/mol. The van der Waals surface area contributed by atoms with Gasteiger partial charge in [0.2, 0.25) is 0 Å². The monoisotopic (exact) mass is 199 g/mol. The van der Waals surface area contributed by atoms with Crippen LogP contribution in [0.1, 0.15) is 39.5 Å². The predicted octanol–water partition coefficient (Wildman–Crippen LogP) is 2.75. The smallest absolute Gasteiger partial charge is 0.0558 e. The molecule has 0 spiro atoms. The van der Waals surface area contributed by atoms with Crippen LogP contribution in [0.5, 0.6) is 0 Å². The van der Waals surface area contributed by atoms with Gasteiger partial charge in [0.15, 0.2) is 0 Å². The SMILES string of the molecule is C=CCCCC(CC(C)OC)NCC. The maximum atomic E-state index is 5.27. The largest absolute Gasteiger partial charge is 0.382 e. The van der Waals surface area contributed by atoms with Gasteiger partial charge >= 0.3 is 0 Å². The summed E-state index contributed by atoms with van der Waals surface area (Å²) in [4.78, 5) is 0. The normalized spacial score (nSPS) is 15.1. The number of hydrogen-bond donors (Lipinski definition) is 1.